The first-order chi connectivity index (χ1) is 10.3. The number of benzene rings is 2. The fourth-order valence-corrected chi connectivity index (χ4v) is 3.03. The number of nitrogens with zero attached hydrogens (tertiary/aromatic N) is 2. The maximum Gasteiger partial charge on any atom is 0.190 e. The normalized spacial score (nSPS) is 11.6. The Morgan fingerprint density at radius 2 is 1.71 bits per heavy atom. The summed E-state index contributed by atoms with van der Waals surface area (Å²) in [4.78, 5) is 5.66. The summed E-state index contributed by atoms with van der Waals surface area (Å²) in [7, 11) is 3.72. The molecule has 0 spiro atoms. The van der Waals surface area contributed by atoms with E-state index in [1.54, 1.807) is 18.4 Å². The molecular formula is C17H16N2OS. The molecule has 2 aromatic carbocycles. The molecule has 0 aliphatic heterocycles. The van der Waals surface area contributed by atoms with Gasteiger partial charge in [0.05, 0.1) is 18.5 Å². The lowest BCUT2D eigenvalue weighted by molar-refractivity contribution is 0.415. The third-order valence-corrected chi connectivity index (χ3v) is 4.21. The van der Waals surface area contributed by atoms with Crippen LogP contribution in [-0.4, -0.2) is 11.7 Å². The number of aromatic nitrogens is 1. The van der Waals surface area contributed by atoms with E-state index in [-0.39, 0.29) is 0 Å². The van der Waals surface area contributed by atoms with E-state index in [9.17, 15) is 0 Å². The van der Waals surface area contributed by atoms with Crippen molar-refractivity contribution < 1.29 is 4.74 Å². The Hall–Kier alpha value is -2.33. The molecule has 0 amide bonds. The van der Waals surface area contributed by atoms with E-state index < -0.39 is 0 Å². The maximum atomic E-state index is 5.20. The van der Waals surface area contributed by atoms with Gasteiger partial charge in [-0.15, -0.1) is 11.3 Å². The van der Waals surface area contributed by atoms with Crippen molar-refractivity contribution >= 4 is 17.0 Å². The van der Waals surface area contributed by atoms with Crippen LogP contribution in [-0.2, 0) is 7.05 Å². The second kappa shape index (κ2) is 5.97. The topological polar surface area (TPSA) is 26.5 Å². The molecular weight excluding hydrogens is 280 g/mol. The number of hydrogen-bond acceptors (Lipinski definition) is 3. The average molecular weight is 296 g/mol. The van der Waals surface area contributed by atoms with Crippen LogP contribution in [0, 0.1) is 0 Å². The molecule has 0 fully saturated rings. The summed E-state index contributed by atoms with van der Waals surface area (Å²) < 4.78 is 7.31. The highest BCUT2D eigenvalue weighted by molar-refractivity contribution is 7.07. The van der Waals surface area contributed by atoms with Gasteiger partial charge >= 0.3 is 0 Å². The van der Waals surface area contributed by atoms with Crippen molar-refractivity contribution in [1.82, 2.24) is 4.57 Å². The summed E-state index contributed by atoms with van der Waals surface area (Å²) in [6, 6.07) is 18.1. The van der Waals surface area contributed by atoms with Gasteiger partial charge < -0.3 is 9.30 Å². The second-order valence-corrected chi connectivity index (χ2v) is 5.47. The molecule has 0 bridgehead atoms. The molecule has 3 aromatic rings. The number of rotatable bonds is 3. The van der Waals surface area contributed by atoms with Gasteiger partial charge in [0.15, 0.2) is 4.80 Å². The van der Waals surface area contributed by atoms with E-state index >= 15 is 0 Å². The third kappa shape index (κ3) is 2.90. The Kier molecular flexibility index (Phi) is 3.88. The third-order valence-electron chi connectivity index (χ3n) is 3.29. The molecule has 3 rings (SSSR count). The molecule has 0 unspecified atom stereocenters. The van der Waals surface area contributed by atoms with Gasteiger partial charge in [-0.1, -0.05) is 18.2 Å². The first kappa shape index (κ1) is 13.6. The zero-order valence-corrected chi connectivity index (χ0v) is 12.8. The highest BCUT2D eigenvalue weighted by atomic mass is 32.1. The summed E-state index contributed by atoms with van der Waals surface area (Å²) in [5.41, 5.74) is 3.28. The second-order valence-electron chi connectivity index (χ2n) is 4.64. The van der Waals surface area contributed by atoms with E-state index in [0.717, 1.165) is 27.5 Å². The zero-order chi connectivity index (χ0) is 14.7. The van der Waals surface area contributed by atoms with Gasteiger partial charge in [0.2, 0.25) is 0 Å². The number of methoxy groups -OCH3 is 1. The van der Waals surface area contributed by atoms with Crippen molar-refractivity contribution in [3.63, 3.8) is 0 Å². The van der Waals surface area contributed by atoms with Crippen LogP contribution < -0.4 is 9.54 Å². The molecule has 106 valence electrons. The summed E-state index contributed by atoms with van der Waals surface area (Å²) >= 11 is 1.64. The standard InChI is InChI=1S/C17H16N2OS/c1-19-16(13-8-10-15(20-2)11-9-13)12-21-17(19)18-14-6-4-3-5-7-14/h3-12H,1-2H3. The molecule has 0 aliphatic rings. The van der Waals surface area contributed by atoms with Gasteiger partial charge in [-0.2, -0.15) is 0 Å². The first-order valence-corrected chi connectivity index (χ1v) is 7.54. The van der Waals surface area contributed by atoms with Crippen LogP contribution in [0.1, 0.15) is 0 Å². The molecule has 21 heavy (non-hydrogen) atoms. The minimum atomic E-state index is 0.867. The molecule has 0 N–H and O–H groups in total. The van der Waals surface area contributed by atoms with Crippen molar-refractivity contribution in [2.45, 2.75) is 0 Å². The Labute approximate surface area is 127 Å². The lowest BCUT2D eigenvalue weighted by Crippen LogP contribution is -2.10. The summed E-state index contributed by atoms with van der Waals surface area (Å²) in [6.45, 7) is 0. The number of thiazole rings is 1. The van der Waals surface area contributed by atoms with Crippen molar-refractivity contribution in [2.75, 3.05) is 7.11 Å². The van der Waals surface area contributed by atoms with Gasteiger partial charge in [0.25, 0.3) is 0 Å². The van der Waals surface area contributed by atoms with Crippen LogP contribution in [0.5, 0.6) is 5.75 Å². The molecule has 0 atom stereocenters. The van der Waals surface area contributed by atoms with Gasteiger partial charge in [0, 0.05) is 12.4 Å². The van der Waals surface area contributed by atoms with E-state index in [1.807, 2.05) is 49.5 Å². The molecule has 1 aromatic heterocycles. The smallest absolute Gasteiger partial charge is 0.190 e. The molecule has 4 heteroatoms. The van der Waals surface area contributed by atoms with E-state index in [2.05, 4.69) is 27.1 Å². The van der Waals surface area contributed by atoms with Crippen LogP contribution in [0.15, 0.2) is 65.0 Å². The monoisotopic (exact) mass is 296 g/mol. The first-order valence-electron chi connectivity index (χ1n) is 6.66. The number of ether oxygens (including phenoxy) is 1. The molecule has 1 heterocycles. The Morgan fingerprint density at radius 1 is 1.00 bits per heavy atom. The van der Waals surface area contributed by atoms with Crippen molar-refractivity contribution in [2.24, 2.45) is 12.0 Å². The van der Waals surface area contributed by atoms with Crippen LogP contribution in [0.25, 0.3) is 11.3 Å². The summed E-state index contributed by atoms with van der Waals surface area (Å²) in [6.07, 6.45) is 0. The SMILES string of the molecule is COc1ccc(-c2csc(=Nc3ccccc3)n2C)cc1. The van der Waals surface area contributed by atoms with Gasteiger partial charge in [0.1, 0.15) is 5.75 Å². The van der Waals surface area contributed by atoms with Crippen LogP contribution >= 0.6 is 11.3 Å². The summed E-state index contributed by atoms with van der Waals surface area (Å²) in [5.74, 6) is 0.867. The van der Waals surface area contributed by atoms with Crippen LogP contribution in [0.2, 0.25) is 0 Å². The molecule has 0 saturated heterocycles. The van der Waals surface area contributed by atoms with Gasteiger partial charge in [-0.25, -0.2) is 4.99 Å². The predicted molar refractivity (Wildman–Crippen MR) is 86.9 cm³/mol. The molecule has 0 aliphatic carbocycles. The van der Waals surface area contributed by atoms with E-state index in [1.165, 1.54) is 0 Å². The van der Waals surface area contributed by atoms with Crippen LogP contribution in [0.3, 0.4) is 0 Å². The van der Waals surface area contributed by atoms with Gasteiger partial charge in [-0.05, 0) is 42.0 Å². The lowest BCUT2D eigenvalue weighted by atomic mass is 10.1. The predicted octanol–water partition coefficient (Wildman–Crippen LogP) is 3.99. The molecule has 0 radical (unpaired) electrons. The fourth-order valence-electron chi connectivity index (χ4n) is 2.11. The maximum absolute atomic E-state index is 5.20. The highest BCUT2D eigenvalue weighted by Gasteiger charge is 2.05. The number of hydrogen-bond donors (Lipinski definition) is 0. The lowest BCUT2D eigenvalue weighted by Gasteiger charge is -2.04. The van der Waals surface area contributed by atoms with Crippen molar-refractivity contribution in [1.29, 1.82) is 0 Å². The van der Waals surface area contributed by atoms with Crippen molar-refractivity contribution in [3.8, 4) is 17.0 Å². The van der Waals surface area contributed by atoms with Gasteiger partial charge in [-0.3, -0.25) is 0 Å². The minimum absolute atomic E-state index is 0.867. The Balaban J connectivity index is 2.01. The Bertz CT molecular complexity index is 786. The largest absolute Gasteiger partial charge is 0.497 e. The Morgan fingerprint density at radius 3 is 2.38 bits per heavy atom. The number of para-hydroxylation sites is 1. The molecule has 0 saturated carbocycles. The fraction of sp³-hybridized carbons (Fsp3) is 0.118. The molecule has 3 nitrogen and oxygen atoms in total. The minimum Gasteiger partial charge on any atom is -0.497 e. The van der Waals surface area contributed by atoms with Crippen molar-refractivity contribution in [3.05, 3.63) is 64.8 Å². The van der Waals surface area contributed by atoms with Crippen LogP contribution in [0.4, 0.5) is 5.69 Å². The highest BCUT2D eigenvalue weighted by Crippen LogP contribution is 2.22. The zero-order valence-electron chi connectivity index (χ0n) is 12.0. The van der Waals surface area contributed by atoms with E-state index in [0.29, 0.717) is 0 Å². The summed E-state index contributed by atoms with van der Waals surface area (Å²) in [5, 5.41) is 2.13. The average Bonchev–Trinajstić information content (AvgIpc) is 2.89. The van der Waals surface area contributed by atoms with E-state index in [4.69, 9.17) is 4.74 Å². The quantitative estimate of drug-likeness (QED) is 0.717.